The van der Waals surface area contributed by atoms with Crippen LogP contribution in [0.2, 0.25) is 0 Å². The van der Waals surface area contributed by atoms with Crippen molar-refractivity contribution in [3.8, 4) is 0 Å². The van der Waals surface area contributed by atoms with Crippen molar-refractivity contribution in [1.82, 2.24) is 10.6 Å². The Balaban J connectivity index is 0.00000529. The first-order valence-corrected chi connectivity index (χ1v) is 7.05. The van der Waals surface area contributed by atoms with Gasteiger partial charge in [-0.25, -0.2) is 0 Å². The summed E-state index contributed by atoms with van der Waals surface area (Å²) >= 11 is 0. The van der Waals surface area contributed by atoms with Gasteiger partial charge in [-0.2, -0.15) is 13.2 Å². The SMILES string of the molecule is CNCC(C)C(=O)Nc1cc(C(=O)NCC(F)(F)F)ccc1C.Cl. The third kappa shape index (κ3) is 7.18. The van der Waals surface area contributed by atoms with E-state index in [2.05, 4.69) is 10.6 Å². The molecule has 0 aliphatic heterocycles. The average Bonchev–Trinajstić information content (AvgIpc) is 2.46. The van der Waals surface area contributed by atoms with Crippen LogP contribution in [-0.2, 0) is 4.79 Å². The van der Waals surface area contributed by atoms with Crippen LogP contribution in [0.1, 0.15) is 22.8 Å². The topological polar surface area (TPSA) is 70.2 Å². The Kier molecular flexibility index (Phi) is 8.77. The van der Waals surface area contributed by atoms with Gasteiger partial charge in [0.1, 0.15) is 6.54 Å². The monoisotopic (exact) mass is 367 g/mol. The van der Waals surface area contributed by atoms with Crippen molar-refractivity contribution in [2.24, 2.45) is 5.92 Å². The molecular weight excluding hydrogens is 347 g/mol. The number of nitrogens with one attached hydrogen (secondary N) is 3. The molecule has 1 rings (SSSR count). The molecule has 1 aromatic rings. The Morgan fingerprint density at radius 1 is 1.25 bits per heavy atom. The van der Waals surface area contributed by atoms with Crippen LogP contribution in [0, 0.1) is 12.8 Å². The molecule has 5 nitrogen and oxygen atoms in total. The maximum Gasteiger partial charge on any atom is 0.405 e. The lowest BCUT2D eigenvalue weighted by Gasteiger charge is -2.14. The van der Waals surface area contributed by atoms with E-state index < -0.39 is 18.6 Å². The van der Waals surface area contributed by atoms with E-state index in [-0.39, 0.29) is 29.8 Å². The number of amides is 2. The fraction of sp³-hybridized carbons (Fsp3) is 0.467. The van der Waals surface area contributed by atoms with Gasteiger partial charge in [-0.05, 0) is 31.7 Å². The highest BCUT2D eigenvalue weighted by Crippen LogP contribution is 2.18. The molecule has 9 heteroatoms. The van der Waals surface area contributed by atoms with Crippen LogP contribution < -0.4 is 16.0 Å². The van der Waals surface area contributed by atoms with Gasteiger partial charge >= 0.3 is 6.18 Å². The second-order valence-electron chi connectivity index (χ2n) is 5.28. The summed E-state index contributed by atoms with van der Waals surface area (Å²) in [6, 6.07) is 4.35. The van der Waals surface area contributed by atoms with Gasteiger partial charge in [-0.1, -0.05) is 13.0 Å². The van der Waals surface area contributed by atoms with E-state index in [4.69, 9.17) is 0 Å². The quantitative estimate of drug-likeness (QED) is 0.723. The Morgan fingerprint density at radius 3 is 2.42 bits per heavy atom. The molecule has 0 heterocycles. The molecule has 3 N–H and O–H groups in total. The second kappa shape index (κ2) is 9.48. The summed E-state index contributed by atoms with van der Waals surface area (Å²) in [5.41, 5.74) is 1.16. The highest BCUT2D eigenvalue weighted by atomic mass is 35.5. The smallest absolute Gasteiger partial charge is 0.343 e. The van der Waals surface area contributed by atoms with Crippen LogP contribution in [0.4, 0.5) is 18.9 Å². The molecule has 0 spiro atoms. The van der Waals surface area contributed by atoms with Gasteiger partial charge in [-0.15, -0.1) is 12.4 Å². The van der Waals surface area contributed by atoms with Crippen LogP contribution in [0.5, 0.6) is 0 Å². The molecule has 0 aliphatic carbocycles. The van der Waals surface area contributed by atoms with E-state index >= 15 is 0 Å². The molecule has 0 aliphatic rings. The fourth-order valence-electron chi connectivity index (χ4n) is 1.84. The first-order valence-electron chi connectivity index (χ1n) is 7.05. The van der Waals surface area contributed by atoms with Crippen LogP contribution in [-0.4, -0.2) is 38.1 Å². The fourth-order valence-corrected chi connectivity index (χ4v) is 1.84. The molecule has 1 unspecified atom stereocenters. The van der Waals surface area contributed by atoms with Crippen LogP contribution in [0.3, 0.4) is 0 Å². The first-order chi connectivity index (χ1) is 10.6. The maximum atomic E-state index is 12.1. The van der Waals surface area contributed by atoms with E-state index in [0.717, 1.165) is 0 Å². The minimum absolute atomic E-state index is 0. The molecule has 136 valence electrons. The molecule has 0 aromatic heterocycles. The lowest BCUT2D eigenvalue weighted by molar-refractivity contribution is -0.123. The Morgan fingerprint density at radius 2 is 1.88 bits per heavy atom. The molecule has 2 amide bonds. The summed E-state index contributed by atoms with van der Waals surface area (Å²) in [5.74, 6) is -1.38. The van der Waals surface area contributed by atoms with E-state index in [0.29, 0.717) is 17.8 Å². The minimum Gasteiger partial charge on any atom is -0.343 e. The number of hydrogen-bond acceptors (Lipinski definition) is 3. The molecule has 1 atom stereocenters. The summed E-state index contributed by atoms with van der Waals surface area (Å²) in [6.45, 7) is 2.55. The van der Waals surface area contributed by atoms with Crippen LogP contribution in [0.15, 0.2) is 18.2 Å². The van der Waals surface area contributed by atoms with Gasteiger partial charge in [0.05, 0.1) is 0 Å². The Bertz CT molecular complexity index is 580. The predicted octanol–water partition coefficient (Wildman–Crippen LogP) is 2.50. The van der Waals surface area contributed by atoms with Crippen molar-refractivity contribution in [1.29, 1.82) is 0 Å². The van der Waals surface area contributed by atoms with Gasteiger partial charge in [0.15, 0.2) is 0 Å². The number of hydrogen-bond donors (Lipinski definition) is 3. The van der Waals surface area contributed by atoms with Gasteiger partial charge in [0.2, 0.25) is 5.91 Å². The molecular formula is C15H21ClF3N3O2. The van der Waals surface area contributed by atoms with E-state index in [1.165, 1.54) is 12.1 Å². The zero-order chi connectivity index (χ0) is 17.6. The first kappa shape index (κ1) is 22.2. The summed E-state index contributed by atoms with van der Waals surface area (Å²) in [5, 5.41) is 7.35. The normalized spacial score (nSPS) is 12.1. The molecule has 0 radical (unpaired) electrons. The zero-order valence-electron chi connectivity index (χ0n) is 13.6. The van der Waals surface area contributed by atoms with Crippen LogP contribution >= 0.6 is 12.4 Å². The summed E-state index contributed by atoms with van der Waals surface area (Å²) in [6.07, 6.45) is -4.47. The second-order valence-corrected chi connectivity index (χ2v) is 5.28. The van der Waals surface area contributed by atoms with Gasteiger partial charge in [0.25, 0.3) is 5.91 Å². The molecule has 0 saturated carbocycles. The summed E-state index contributed by atoms with van der Waals surface area (Å²) in [4.78, 5) is 23.7. The lowest BCUT2D eigenvalue weighted by Crippen LogP contribution is -2.33. The van der Waals surface area contributed by atoms with Crippen LogP contribution in [0.25, 0.3) is 0 Å². The molecule has 0 bridgehead atoms. The third-order valence-electron chi connectivity index (χ3n) is 3.16. The number of anilines is 1. The third-order valence-corrected chi connectivity index (χ3v) is 3.16. The van der Waals surface area contributed by atoms with E-state index in [1.54, 1.807) is 32.3 Å². The molecule has 24 heavy (non-hydrogen) atoms. The Hall–Kier alpha value is -1.80. The average molecular weight is 368 g/mol. The highest BCUT2D eigenvalue weighted by molar-refractivity contribution is 5.98. The number of halogens is 4. The Labute approximate surface area is 144 Å². The number of rotatable bonds is 6. The number of carbonyl (C=O) groups is 2. The van der Waals surface area contributed by atoms with Gasteiger partial charge < -0.3 is 16.0 Å². The highest BCUT2D eigenvalue weighted by Gasteiger charge is 2.28. The van der Waals surface area contributed by atoms with E-state index in [1.807, 2.05) is 0 Å². The van der Waals surface area contributed by atoms with Gasteiger partial charge in [0, 0.05) is 23.7 Å². The van der Waals surface area contributed by atoms with Crippen molar-refractivity contribution in [2.75, 3.05) is 25.5 Å². The summed E-state index contributed by atoms with van der Waals surface area (Å²) < 4.78 is 36.4. The van der Waals surface area contributed by atoms with Crippen molar-refractivity contribution in [3.63, 3.8) is 0 Å². The number of carbonyl (C=O) groups excluding carboxylic acids is 2. The molecule has 0 fully saturated rings. The predicted molar refractivity (Wildman–Crippen MR) is 88.5 cm³/mol. The van der Waals surface area contributed by atoms with E-state index in [9.17, 15) is 22.8 Å². The zero-order valence-corrected chi connectivity index (χ0v) is 14.4. The number of benzene rings is 1. The lowest BCUT2D eigenvalue weighted by atomic mass is 10.1. The van der Waals surface area contributed by atoms with Gasteiger partial charge in [-0.3, -0.25) is 9.59 Å². The minimum atomic E-state index is -4.47. The standard InChI is InChI=1S/C15H20F3N3O2.ClH/c1-9-4-5-11(14(23)20-8-15(16,17)18)6-12(9)21-13(22)10(2)7-19-3;/h4-6,10,19H,7-8H2,1-3H3,(H,20,23)(H,21,22);1H. The number of aryl methyl sites for hydroxylation is 1. The number of alkyl halides is 3. The van der Waals surface area contributed by atoms with Crippen molar-refractivity contribution in [2.45, 2.75) is 20.0 Å². The van der Waals surface area contributed by atoms with Crippen molar-refractivity contribution in [3.05, 3.63) is 29.3 Å². The molecule has 1 aromatic carbocycles. The van der Waals surface area contributed by atoms with Crippen molar-refractivity contribution >= 4 is 29.9 Å². The van der Waals surface area contributed by atoms with Crippen molar-refractivity contribution < 1.29 is 22.8 Å². The molecule has 0 saturated heterocycles. The summed E-state index contributed by atoms with van der Waals surface area (Å²) in [7, 11) is 1.72. The maximum absolute atomic E-state index is 12.1. The largest absolute Gasteiger partial charge is 0.405 e.